The van der Waals surface area contributed by atoms with E-state index in [0.717, 1.165) is 54.4 Å². The Kier molecular flexibility index (Phi) is 6.35. The van der Waals surface area contributed by atoms with Crippen molar-refractivity contribution >= 4 is 17.3 Å². The van der Waals surface area contributed by atoms with Crippen molar-refractivity contribution in [3.8, 4) is 5.75 Å². The molecule has 0 aromatic heterocycles. The minimum absolute atomic E-state index is 0.0446. The van der Waals surface area contributed by atoms with Crippen molar-refractivity contribution in [2.45, 2.75) is 20.8 Å². The molecule has 0 radical (unpaired) electrons. The highest BCUT2D eigenvalue weighted by Crippen LogP contribution is 2.28. The van der Waals surface area contributed by atoms with Gasteiger partial charge in [-0.15, -0.1) is 0 Å². The second-order valence-corrected chi connectivity index (χ2v) is 7.09. The molecule has 1 aliphatic heterocycles. The van der Waals surface area contributed by atoms with Crippen molar-refractivity contribution in [3.05, 3.63) is 53.6 Å². The van der Waals surface area contributed by atoms with Gasteiger partial charge < -0.3 is 15.0 Å². The van der Waals surface area contributed by atoms with Gasteiger partial charge in [-0.2, -0.15) is 0 Å². The number of para-hydroxylation sites is 2. The summed E-state index contributed by atoms with van der Waals surface area (Å²) >= 11 is 0. The minimum atomic E-state index is 0.0446. The van der Waals surface area contributed by atoms with Gasteiger partial charge in [-0.3, -0.25) is 9.69 Å². The summed E-state index contributed by atoms with van der Waals surface area (Å²) in [5.74, 6) is 0.976. The van der Waals surface area contributed by atoms with Crippen molar-refractivity contribution in [1.29, 1.82) is 0 Å². The number of nitrogens with one attached hydrogen (secondary N) is 1. The maximum atomic E-state index is 12.4. The number of carbonyl (C=O) groups excluding carboxylic acids is 1. The fourth-order valence-electron chi connectivity index (χ4n) is 3.59. The molecule has 3 rings (SSSR count). The molecule has 1 N–H and O–H groups in total. The highest BCUT2D eigenvalue weighted by molar-refractivity contribution is 5.92. The summed E-state index contributed by atoms with van der Waals surface area (Å²) in [6.45, 7) is 10.7. The largest absolute Gasteiger partial charge is 0.492 e. The number of hydrogen-bond donors (Lipinski definition) is 1. The fourth-order valence-corrected chi connectivity index (χ4v) is 3.59. The smallest absolute Gasteiger partial charge is 0.238 e. The molecule has 5 heteroatoms. The molecule has 1 fully saturated rings. The Morgan fingerprint density at radius 2 is 1.70 bits per heavy atom. The van der Waals surface area contributed by atoms with E-state index in [1.165, 1.54) is 0 Å². The lowest BCUT2D eigenvalue weighted by molar-refractivity contribution is -0.117. The molecular weight excluding hydrogens is 338 g/mol. The summed E-state index contributed by atoms with van der Waals surface area (Å²) in [6.07, 6.45) is 0. The van der Waals surface area contributed by atoms with E-state index < -0.39 is 0 Å². The van der Waals surface area contributed by atoms with E-state index in [1.54, 1.807) is 0 Å². The molecule has 0 saturated carbocycles. The van der Waals surface area contributed by atoms with Crippen LogP contribution in [0.3, 0.4) is 0 Å². The number of piperazine rings is 1. The van der Waals surface area contributed by atoms with Gasteiger partial charge in [0.2, 0.25) is 5.91 Å². The first-order chi connectivity index (χ1) is 13.0. The topological polar surface area (TPSA) is 44.8 Å². The lowest BCUT2D eigenvalue weighted by Gasteiger charge is -2.36. The molecule has 2 aromatic rings. The highest BCUT2D eigenvalue weighted by atomic mass is 16.5. The number of carbonyl (C=O) groups is 1. The maximum absolute atomic E-state index is 12.4. The fraction of sp³-hybridized carbons (Fsp3) is 0.409. The van der Waals surface area contributed by atoms with Gasteiger partial charge in [0.05, 0.1) is 18.8 Å². The van der Waals surface area contributed by atoms with Gasteiger partial charge in [-0.1, -0.05) is 18.2 Å². The first-order valence-electron chi connectivity index (χ1n) is 9.62. The van der Waals surface area contributed by atoms with Crippen LogP contribution < -0.4 is 15.0 Å². The van der Waals surface area contributed by atoms with Crippen LogP contribution in [0.25, 0.3) is 0 Å². The first-order valence-corrected chi connectivity index (χ1v) is 9.62. The molecule has 1 aliphatic rings. The van der Waals surface area contributed by atoms with Crippen LogP contribution in [0, 0.1) is 13.8 Å². The molecule has 0 spiro atoms. The van der Waals surface area contributed by atoms with Crippen LogP contribution >= 0.6 is 0 Å². The van der Waals surface area contributed by atoms with Gasteiger partial charge >= 0.3 is 0 Å². The number of rotatable bonds is 6. The van der Waals surface area contributed by atoms with Crippen LogP contribution in [0.2, 0.25) is 0 Å². The van der Waals surface area contributed by atoms with Crippen molar-refractivity contribution in [1.82, 2.24) is 4.90 Å². The molecule has 0 bridgehead atoms. The predicted molar refractivity (Wildman–Crippen MR) is 111 cm³/mol. The van der Waals surface area contributed by atoms with Crippen molar-refractivity contribution in [2.75, 3.05) is 49.5 Å². The molecule has 0 unspecified atom stereocenters. The van der Waals surface area contributed by atoms with E-state index >= 15 is 0 Å². The number of benzene rings is 2. The Balaban J connectivity index is 1.53. The molecule has 27 heavy (non-hydrogen) atoms. The van der Waals surface area contributed by atoms with Crippen LogP contribution in [0.15, 0.2) is 42.5 Å². The van der Waals surface area contributed by atoms with Gasteiger partial charge in [0.1, 0.15) is 5.75 Å². The van der Waals surface area contributed by atoms with E-state index in [1.807, 2.05) is 51.1 Å². The second-order valence-electron chi connectivity index (χ2n) is 7.09. The predicted octanol–water partition coefficient (Wildman–Crippen LogP) is 3.46. The summed E-state index contributed by atoms with van der Waals surface area (Å²) in [4.78, 5) is 17.0. The maximum Gasteiger partial charge on any atom is 0.238 e. The summed E-state index contributed by atoms with van der Waals surface area (Å²) < 4.78 is 5.75. The monoisotopic (exact) mass is 367 g/mol. The number of anilines is 2. The Labute approximate surface area is 161 Å². The minimum Gasteiger partial charge on any atom is -0.492 e. The summed E-state index contributed by atoms with van der Waals surface area (Å²) in [5.41, 5.74) is 4.33. The number of ether oxygens (including phenoxy) is 1. The zero-order valence-electron chi connectivity index (χ0n) is 16.5. The van der Waals surface area contributed by atoms with Crippen molar-refractivity contribution < 1.29 is 9.53 Å². The molecule has 0 atom stereocenters. The Morgan fingerprint density at radius 3 is 2.37 bits per heavy atom. The third-order valence-corrected chi connectivity index (χ3v) is 4.75. The van der Waals surface area contributed by atoms with Gasteiger partial charge in [0.15, 0.2) is 0 Å². The van der Waals surface area contributed by atoms with Crippen LogP contribution in [-0.2, 0) is 4.79 Å². The van der Waals surface area contributed by atoms with Gasteiger partial charge in [-0.25, -0.2) is 0 Å². The molecular formula is C22H29N3O2. The van der Waals surface area contributed by atoms with Crippen LogP contribution in [0.5, 0.6) is 5.75 Å². The molecule has 1 heterocycles. The zero-order chi connectivity index (χ0) is 19.2. The van der Waals surface area contributed by atoms with E-state index in [2.05, 4.69) is 27.2 Å². The lowest BCUT2D eigenvalue weighted by Crippen LogP contribution is -2.48. The second kappa shape index (κ2) is 8.91. The van der Waals surface area contributed by atoms with E-state index in [-0.39, 0.29) is 5.91 Å². The number of hydrogen-bond acceptors (Lipinski definition) is 4. The molecule has 144 valence electrons. The van der Waals surface area contributed by atoms with Crippen LogP contribution in [-0.4, -0.2) is 50.1 Å². The number of amides is 1. The quantitative estimate of drug-likeness (QED) is 0.849. The third-order valence-electron chi connectivity index (χ3n) is 4.75. The summed E-state index contributed by atoms with van der Waals surface area (Å²) in [7, 11) is 0. The Hall–Kier alpha value is -2.53. The zero-order valence-corrected chi connectivity index (χ0v) is 16.5. The standard InChI is InChI=1S/C22H29N3O2/c1-4-27-21-8-6-5-7-20(21)25-11-9-24(10-12-25)16-22(26)23-19-14-17(2)13-18(3)15-19/h5-8,13-15H,4,9-12,16H2,1-3H3,(H,23,26). The molecule has 1 amide bonds. The first kappa shape index (κ1) is 19.2. The highest BCUT2D eigenvalue weighted by Gasteiger charge is 2.21. The van der Waals surface area contributed by atoms with E-state index in [0.29, 0.717) is 13.2 Å². The Morgan fingerprint density at radius 1 is 1.04 bits per heavy atom. The van der Waals surface area contributed by atoms with Crippen molar-refractivity contribution in [3.63, 3.8) is 0 Å². The molecule has 1 saturated heterocycles. The van der Waals surface area contributed by atoms with E-state index in [4.69, 9.17) is 4.74 Å². The van der Waals surface area contributed by atoms with Crippen molar-refractivity contribution in [2.24, 2.45) is 0 Å². The number of aryl methyl sites for hydroxylation is 2. The van der Waals surface area contributed by atoms with E-state index in [9.17, 15) is 4.79 Å². The number of nitrogens with zero attached hydrogens (tertiary/aromatic N) is 2. The van der Waals surface area contributed by atoms with Crippen LogP contribution in [0.1, 0.15) is 18.1 Å². The van der Waals surface area contributed by atoms with Gasteiger partial charge in [-0.05, 0) is 56.2 Å². The lowest BCUT2D eigenvalue weighted by atomic mass is 10.1. The average Bonchev–Trinajstić information content (AvgIpc) is 2.62. The molecule has 2 aromatic carbocycles. The third kappa shape index (κ3) is 5.23. The average molecular weight is 367 g/mol. The summed E-state index contributed by atoms with van der Waals surface area (Å²) in [5, 5.41) is 3.03. The Bertz CT molecular complexity index is 763. The normalized spacial score (nSPS) is 14.9. The SMILES string of the molecule is CCOc1ccccc1N1CCN(CC(=O)Nc2cc(C)cc(C)c2)CC1. The van der Waals surface area contributed by atoms with Gasteiger partial charge in [0.25, 0.3) is 0 Å². The molecule has 5 nitrogen and oxygen atoms in total. The van der Waals surface area contributed by atoms with Crippen LogP contribution in [0.4, 0.5) is 11.4 Å². The molecule has 0 aliphatic carbocycles. The van der Waals surface area contributed by atoms with Gasteiger partial charge in [0, 0.05) is 31.9 Å². The summed E-state index contributed by atoms with van der Waals surface area (Å²) in [6, 6.07) is 14.3.